The third kappa shape index (κ3) is 3.48. The lowest BCUT2D eigenvalue weighted by atomic mass is 10.1. The van der Waals surface area contributed by atoms with Crippen LogP contribution in [0.25, 0.3) is 0 Å². The molecule has 1 aromatic heterocycles. The van der Waals surface area contributed by atoms with Crippen molar-refractivity contribution in [1.29, 1.82) is 0 Å². The van der Waals surface area contributed by atoms with Crippen LogP contribution in [0.1, 0.15) is 27.0 Å². The fourth-order valence-electron chi connectivity index (χ4n) is 1.57. The fraction of sp³-hybridized carbons (Fsp3) is 0.133. The van der Waals surface area contributed by atoms with Gasteiger partial charge in [-0.25, -0.2) is 5.43 Å². The van der Waals surface area contributed by atoms with Gasteiger partial charge in [0.1, 0.15) is 0 Å². The number of amides is 1. The Labute approximate surface area is 112 Å². The normalized spacial score (nSPS) is 10.6. The van der Waals surface area contributed by atoms with Crippen LogP contribution in [-0.2, 0) is 0 Å². The van der Waals surface area contributed by atoms with Crippen molar-refractivity contribution in [3.05, 3.63) is 65.0 Å². The summed E-state index contributed by atoms with van der Waals surface area (Å²) in [5, 5.41) is 3.94. The Morgan fingerprint density at radius 2 is 2.11 bits per heavy atom. The summed E-state index contributed by atoms with van der Waals surface area (Å²) in [5.74, 6) is -0.270. The van der Waals surface area contributed by atoms with Crippen LogP contribution < -0.4 is 5.43 Å². The number of carbonyl (C=O) groups is 1. The second-order valence-electron chi connectivity index (χ2n) is 4.28. The Morgan fingerprint density at radius 3 is 2.79 bits per heavy atom. The van der Waals surface area contributed by atoms with Crippen LogP contribution in [0.2, 0.25) is 0 Å². The number of hydrogen-bond acceptors (Lipinski definition) is 3. The maximum absolute atomic E-state index is 11.7. The van der Waals surface area contributed by atoms with Gasteiger partial charge in [-0.1, -0.05) is 18.2 Å². The molecule has 0 saturated heterocycles. The zero-order valence-electron chi connectivity index (χ0n) is 10.9. The van der Waals surface area contributed by atoms with Crippen molar-refractivity contribution in [3.63, 3.8) is 0 Å². The smallest absolute Gasteiger partial charge is 0.267 e. The molecule has 1 N–H and O–H groups in total. The van der Waals surface area contributed by atoms with Crippen LogP contribution in [0.4, 0.5) is 0 Å². The molecule has 0 bridgehead atoms. The molecule has 19 heavy (non-hydrogen) atoms. The number of hydrogen-bond donors (Lipinski definition) is 1. The molecule has 0 spiro atoms. The number of carbonyl (C=O) groups excluding carboxylic acids is 1. The molecule has 4 heteroatoms. The molecule has 0 unspecified atom stereocenters. The summed E-state index contributed by atoms with van der Waals surface area (Å²) in [5.41, 5.74) is 6.34. The van der Waals surface area contributed by atoms with E-state index in [2.05, 4.69) is 22.4 Å². The van der Waals surface area contributed by atoms with Crippen molar-refractivity contribution in [2.24, 2.45) is 5.10 Å². The molecule has 2 aromatic rings. The summed E-state index contributed by atoms with van der Waals surface area (Å²) < 4.78 is 0. The molecular formula is C15H15N3O. The van der Waals surface area contributed by atoms with Crippen molar-refractivity contribution < 1.29 is 4.79 Å². The van der Waals surface area contributed by atoms with Gasteiger partial charge in [-0.05, 0) is 42.7 Å². The molecule has 0 aliphatic carbocycles. The van der Waals surface area contributed by atoms with Crippen molar-refractivity contribution in [1.82, 2.24) is 10.4 Å². The van der Waals surface area contributed by atoms with E-state index in [0.29, 0.717) is 5.56 Å². The number of aromatic nitrogens is 1. The molecule has 1 amide bonds. The number of benzene rings is 1. The van der Waals surface area contributed by atoms with Crippen LogP contribution in [-0.4, -0.2) is 17.1 Å². The lowest BCUT2D eigenvalue weighted by molar-refractivity contribution is 0.0955. The summed E-state index contributed by atoms with van der Waals surface area (Å²) >= 11 is 0. The molecular weight excluding hydrogens is 238 g/mol. The summed E-state index contributed by atoms with van der Waals surface area (Å²) in [6.45, 7) is 4.10. The lowest BCUT2D eigenvalue weighted by Gasteiger charge is -2.01. The molecule has 4 nitrogen and oxygen atoms in total. The van der Waals surface area contributed by atoms with Gasteiger partial charge in [0.15, 0.2) is 0 Å². The predicted octanol–water partition coefficient (Wildman–Crippen LogP) is 2.46. The van der Waals surface area contributed by atoms with E-state index in [0.717, 1.165) is 5.56 Å². The summed E-state index contributed by atoms with van der Waals surface area (Å²) in [4.78, 5) is 15.6. The number of nitrogens with one attached hydrogen (secondary N) is 1. The minimum atomic E-state index is -0.270. The monoisotopic (exact) mass is 253 g/mol. The second kappa shape index (κ2) is 5.91. The van der Waals surface area contributed by atoms with Gasteiger partial charge in [0.05, 0.1) is 11.8 Å². The van der Waals surface area contributed by atoms with E-state index in [1.54, 1.807) is 24.5 Å². The van der Waals surface area contributed by atoms with E-state index in [-0.39, 0.29) is 5.91 Å². The van der Waals surface area contributed by atoms with Gasteiger partial charge in [0.2, 0.25) is 0 Å². The predicted molar refractivity (Wildman–Crippen MR) is 75.2 cm³/mol. The topological polar surface area (TPSA) is 54.4 Å². The zero-order chi connectivity index (χ0) is 13.7. The van der Waals surface area contributed by atoms with Crippen LogP contribution in [0, 0.1) is 13.8 Å². The van der Waals surface area contributed by atoms with Gasteiger partial charge in [0, 0.05) is 12.4 Å². The minimum Gasteiger partial charge on any atom is -0.267 e. The Balaban J connectivity index is 2.00. The van der Waals surface area contributed by atoms with Crippen LogP contribution >= 0.6 is 0 Å². The highest BCUT2D eigenvalue weighted by molar-refractivity contribution is 5.94. The summed E-state index contributed by atoms with van der Waals surface area (Å²) in [7, 11) is 0. The standard InChI is InChI=1S/C15H15N3O/c1-11-5-6-13(8-12(11)2)9-17-18-15(19)14-4-3-7-16-10-14/h3-10H,1-2H3,(H,18,19)/b17-9+. The number of nitrogens with zero attached hydrogens (tertiary/aromatic N) is 2. The largest absolute Gasteiger partial charge is 0.272 e. The Morgan fingerprint density at radius 1 is 1.26 bits per heavy atom. The molecule has 96 valence electrons. The molecule has 2 rings (SSSR count). The number of hydrazone groups is 1. The SMILES string of the molecule is Cc1ccc(/C=N/NC(=O)c2cccnc2)cc1C. The first-order valence-electron chi connectivity index (χ1n) is 5.97. The third-order valence-electron chi connectivity index (χ3n) is 2.83. The summed E-state index contributed by atoms with van der Waals surface area (Å²) in [6.07, 6.45) is 4.75. The Bertz CT molecular complexity index is 606. The maximum Gasteiger partial charge on any atom is 0.272 e. The van der Waals surface area contributed by atoms with Gasteiger partial charge < -0.3 is 0 Å². The van der Waals surface area contributed by atoms with E-state index in [1.165, 1.54) is 17.3 Å². The van der Waals surface area contributed by atoms with Gasteiger partial charge in [-0.15, -0.1) is 0 Å². The summed E-state index contributed by atoms with van der Waals surface area (Å²) in [6, 6.07) is 9.41. The van der Waals surface area contributed by atoms with E-state index in [1.807, 2.05) is 25.1 Å². The molecule has 0 radical (unpaired) electrons. The molecule has 0 saturated carbocycles. The van der Waals surface area contributed by atoms with E-state index >= 15 is 0 Å². The maximum atomic E-state index is 11.7. The van der Waals surface area contributed by atoms with Gasteiger partial charge in [0.25, 0.3) is 5.91 Å². The van der Waals surface area contributed by atoms with Gasteiger partial charge in [-0.2, -0.15) is 5.10 Å². The van der Waals surface area contributed by atoms with Crippen molar-refractivity contribution in [3.8, 4) is 0 Å². The molecule has 1 heterocycles. The lowest BCUT2D eigenvalue weighted by Crippen LogP contribution is -2.17. The first-order valence-corrected chi connectivity index (χ1v) is 5.97. The molecule has 0 fully saturated rings. The van der Waals surface area contributed by atoms with Gasteiger partial charge >= 0.3 is 0 Å². The fourth-order valence-corrected chi connectivity index (χ4v) is 1.57. The quantitative estimate of drug-likeness (QED) is 0.674. The average molecular weight is 253 g/mol. The highest BCUT2D eigenvalue weighted by Crippen LogP contribution is 2.07. The van der Waals surface area contributed by atoms with E-state index in [4.69, 9.17) is 0 Å². The zero-order valence-corrected chi connectivity index (χ0v) is 10.9. The molecule has 0 atom stereocenters. The van der Waals surface area contributed by atoms with Crippen LogP contribution in [0.3, 0.4) is 0 Å². The number of aryl methyl sites for hydroxylation is 2. The van der Waals surface area contributed by atoms with Crippen molar-refractivity contribution in [2.45, 2.75) is 13.8 Å². The van der Waals surface area contributed by atoms with Crippen molar-refractivity contribution >= 4 is 12.1 Å². The first kappa shape index (κ1) is 13.0. The van der Waals surface area contributed by atoms with Crippen molar-refractivity contribution in [2.75, 3.05) is 0 Å². The highest BCUT2D eigenvalue weighted by Gasteiger charge is 2.02. The Hall–Kier alpha value is -2.49. The first-order chi connectivity index (χ1) is 9.16. The Kier molecular flexibility index (Phi) is 4.03. The second-order valence-corrected chi connectivity index (χ2v) is 4.28. The minimum absolute atomic E-state index is 0.270. The third-order valence-corrected chi connectivity index (χ3v) is 2.83. The van der Waals surface area contributed by atoms with Crippen LogP contribution in [0.15, 0.2) is 47.8 Å². The molecule has 1 aromatic carbocycles. The number of rotatable bonds is 3. The molecule has 0 aliphatic heterocycles. The van der Waals surface area contributed by atoms with E-state index in [9.17, 15) is 4.79 Å². The highest BCUT2D eigenvalue weighted by atomic mass is 16.2. The van der Waals surface area contributed by atoms with Gasteiger partial charge in [-0.3, -0.25) is 9.78 Å². The number of pyridine rings is 1. The average Bonchev–Trinajstić information content (AvgIpc) is 2.43. The van der Waals surface area contributed by atoms with E-state index < -0.39 is 0 Å². The van der Waals surface area contributed by atoms with Crippen LogP contribution in [0.5, 0.6) is 0 Å². The molecule has 0 aliphatic rings.